The molecule has 2 aromatic carbocycles. The standard InChI is InChI=1S/C25H27N3OS2/c1-3-29-20-12-10-19(11-13-20)27-25(30)28(17-21-7-6-16-31-21)15-14-22-18(2)26-24-9-5-4-8-23(22)24/h4-13,16,26H,3,14-15,17H2,1-2H3,(H,27,30). The maximum Gasteiger partial charge on any atom is 0.173 e. The van der Waals surface area contributed by atoms with Crippen LogP contribution in [0.2, 0.25) is 0 Å². The summed E-state index contributed by atoms with van der Waals surface area (Å²) < 4.78 is 5.54. The van der Waals surface area contributed by atoms with E-state index < -0.39 is 0 Å². The van der Waals surface area contributed by atoms with Crippen LogP contribution in [-0.4, -0.2) is 28.1 Å². The Morgan fingerprint density at radius 2 is 1.90 bits per heavy atom. The maximum absolute atomic E-state index is 5.82. The molecule has 0 unspecified atom stereocenters. The third-order valence-corrected chi connectivity index (χ3v) is 6.51. The van der Waals surface area contributed by atoms with E-state index in [1.54, 1.807) is 11.3 Å². The highest BCUT2D eigenvalue weighted by Gasteiger charge is 2.15. The van der Waals surface area contributed by atoms with Gasteiger partial charge in [0, 0.05) is 33.7 Å². The second-order valence-corrected chi connectivity index (χ2v) is 8.83. The van der Waals surface area contributed by atoms with E-state index in [0.29, 0.717) is 6.61 Å². The summed E-state index contributed by atoms with van der Waals surface area (Å²) in [6.45, 7) is 6.42. The van der Waals surface area contributed by atoms with Gasteiger partial charge in [0.15, 0.2) is 5.11 Å². The van der Waals surface area contributed by atoms with Crippen LogP contribution in [0.5, 0.6) is 5.75 Å². The van der Waals surface area contributed by atoms with Crippen LogP contribution in [0.15, 0.2) is 66.0 Å². The Morgan fingerprint density at radius 1 is 1.10 bits per heavy atom. The summed E-state index contributed by atoms with van der Waals surface area (Å²) in [6.07, 6.45) is 0.923. The number of thiophene rings is 1. The molecule has 0 saturated heterocycles. The largest absolute Gasteiger partial charge is 0.494 e. The van der Waals surface area contributed by atoms with E-state index >= 15 is 0 Å². The molecule has 0 bridgehead atoms. The number of rotatable bonds is 8. The minimum atomic E-state index is 0.660. The summed E-state index contributed by atoms with van der Waals surface area (Å²) in [5.74, 6) is 0.865. The highest BCUT2D eigenvalue weighted by molar-refractivity contribution is 7.80. The van der Waals surface area contributed by atoms with Crippen LogP contribution in [0.1, 0.15) is 23.1 Å². The highest BCUT2D eigenvalue weighted by Crippen LogP contribution is 2.23. The van der Waals surface area contributed by atoms with E-state index in [1.165, 1.54) is 27.0 Å². The average molecular weight is 450 g/mol. The molecule has 4 aromatic rings. The Labute approximate surface area is 192 Å². The van der Waals surface area contributed by atoms with Gasteiger partial charge in [-0.2, -0.15) is 0 Å². The van der Waals surface area contributed by atoms with Gasteiger partial charge >= 0.3 is 0 Å². The monoisotopic (exact) mass is 449 g/mol. The Bertz CT molecular complexity index is 1130. The minimum absolute atomic E-state index is 0.660. The SMILES string of the molecule is CCOc1ccc(NC(=S)N(CCc2c(C)[nH]c3ccccc23)Cc2cccs2)cc1. The number of para-hydroxylation sites is 1. The fraction of sp³-hybridized carbons (Fsp3) is 0.240. The van der Waals surface area contributed by atoms with Crippen LogP contribution in [0.4, 0.5) is 5.69 Å². The van der Waals surface area contributed by atoms with Crippen molar-refractivity contribution in [2.24, 2.45) is 0 Å². The van der Waals surface area contributed by atoms with E-state index in [2.05, 4.69) is 63.9 Å². The number of H-pyrrole nitrogens is 1. The molecule has 0 fully saturated rings. The molecule has 2 heterocycles. The molecule has 0 amide bonds. The lowest BCUT2D eigenvalue weighted by Gasteiger charge is -2.26. The lowest BCUT2D eigenvalue weighted by molar-refractivity contribution is 0.340. The van der Waals surface area contributed by atoms with Gasteiger partial charge in [0.05, 0.1) is 13.2 Å². The zero-order chi connectivity index (χ0) is 21.6. The predicted octanol–water partition coefficient (Wildman–Crippen LogP) is 6.38. The molecule has 0 aliphatic heterocycles. The fourth-order valence-electron chi connectivity index (χ4n) is 3.75. The number of benzene rings is 2. The van der Waals surface area contributed by atoms with Gasteiger partial charge in [0.2, 0.25) is 0 Å². The number of fused-ring (bicyclic) bond motifs is 1. The molecule has 2 N–H and O–H groups in total. The van der Waals surface area contributed by atoms with Gasteiger partial charge in [-0.05, 0) is 79.8 Å². The molecule has 160 valence electrons. The van der Waals surface area contributed by atoms with E-state index in [-0.39, 0.29) is 0 Å². The lowest BCUT2D eigenvalue weighted by Crippen LogP contribution is -2.35. The normalized spacial score (nSPS) is 10.9. The number of nitrogens with zero attached hydrogens (tertiary/aromatic N) is 1. The first kappa shape index (κ1) is 21.4. The zero-order valence-corrected chi connectivity index (χ0v) is 19.5. The molecule has 0 aliphatic rings. The number of aryl methyl sites for hydroxylation is 1. The van der Waals surface area contributed by atoms with Gasteiger partial charge in [-0.3, -0.25) is 0 Å². The van der Waals surface area contributed by atoms with Gasteiger partial charge in [-0.15, -0.1) is 11.3 Å². The van der Waals surface area contributed by atoms with E-state index in [9.17, 15) is 0 Å². The molecule has 0 spiro atoms. The van der Waals surface area contributed by atoms with E-state index in [4.69, 9.17) is 17.0 Å². The topological polar surface area (TPSA) is 40.3 Å². The molecule has 4 rings (SSSR count). The van der Waals surface area contributed by atoms with Crippen LogP contribution in [0.25, 0.3) is 10.9 Å². The Balaban J connectivity index is 1.49. The number of nitrogens with one attached hydrogen (secondary N) is 2. The number of ether oxygens (including phenoxy) is 1. The summed E-state index contributed by atoms with van der Waals surface area (Å²) in [5.41, 5.74) is 4.74. The molecule has 31 heavy (non-hydrogen) atoms. The Morgan fingerprint density at radius 3 is 2.65 bits per heavy atom. The molecule has 2 aromatic heterocycles. The van der Waals surface area contributed by atoms with Gasteiger partial charge in [-0.1, -0.05) is 24.3 Å². The van der Waals surface area contributed by atoms with Crippen LogP contribution >= 0.6 is 23.6 Å². The van der Waals surface area contributed by atoms with Crippen LogP contribution in [-0.2, 0) is 13.0 Å². The number of hydrogen-bond acceptors (Lipinski definition) is 3. The Hall–Kier alpha value is -2.83. The third kappa shape index (κ3) is 5.27. The lowest BCUT2D eigenvalue weighted by atomic mass is 10.1. The van der Waals surface area contributed by atoms with Crippen molar-refractivity contribution >= 4 is 45.3 Å². The van der Waals surface area contributed by atoms with Crippen molar-refractivity contribution in [2.75, 3.05) is 18.5 Å². The summed E-state index contributed by atoms with van der Waals surface area (Å²) in [5, 5.41) is 7.54. The predicted molar refractivity (Wildman–Crippen MR) is 135 cm³/mol. The second kappa shape index (κ2) is 9.98. The van der Waals surface area contributed by atoms with E-state index in [1.807, 2.05) is 31.2 Å². The second-order valence-electron chi connectivity index (χ2n) is 7.41. The van der Waals surface area contributed by atoms with Gasteiger partial charge in [0.1, 0.15) is 5.75 Å². The summed E-state index contributed by atoms with van der Waals surface area (Å²) >= 11 is 7.58. The molecular weight excluding hydrogens is 422 g/mol. The molecule has 6 heteroatoms. The molecule has 0 aliphatic carbocycles. The third-order valence-electron chi connectivity index (χ3n) is 5.29. The first-order valence-electron chi connectivity index (χ1n) is 10.5. The van der Waals surface area contributed by atoms with Crippen molar-refractivity contribution in [3.05, 3.63) is 82.2 Å². The quantitative estimate of drug-likeness (QED) is 0.306. The number of thiocarbonyl (C=S) groups is 1. The van der Waals surface area contributed by atoms with E-state index in [0.717, 1.165) is 36.1 Å². The smallest absolute Gasteiger partial charge is 0.173 e. The summed E-state index contributed by atoms with van der Waals surface area (Å²) in [7, 11) is 0. The van der Waals surface area contributed by atoms with Crippen molar-refractivity contribution in [1.29, 1.82) is 0 Å². The van der Waals surface area contributed by atoms with Gasteiger partial charge in [0.25, 0.3) is 0 Å². The fourth-order valence-corrected chi connectivity index (χ4v) is 4.74. The molecule has 0 radical (unpaired) electrons. The van der Waals surface area contributed by atoms with Crippen molar-refractivity contribution in [3.8, 4) is 5.75 Å². The van der Waals surface area contributed by atoms with Crippen molar-refractivity contribution in [2.45, 2.75) is 26.8 Å². The van der Waals surface area contributed by atoms with Gasteiger partial charge < -0.3 is 19.9 Å². The minimum Gasteiger partial charge on any atom is -0.494 e. The number of aromatic amines is 1. The van der Waals surface area contributed by atoms with Crippen LogP contribution < -0.4 is 10.1 Å². The number of aromatic nitrogens is 1. The van der Waals surface area contributed by atoms with Crippen molar-refractivity contribution in [1.82, 2.24) is 9.88 Å². The molecular formula is C25H27N3OS2. The number of hydrogen-bond donors (Lipinski definition) is 2. The summed E-state index contributed by atoms with van der Waals surface area (Å²) in [4.78, 5) is 7.05. The van der Waals surface area contributed by atoms with Crippen LogP contribution in [0.3, 0.4) is 0 Å². The average Bonchev–Trinajstić information content (AvgIpc) is 3.39. The Kier molecular flexibility index (Phi) is 6.89. The first-order chi connectivity index (χ1) is 15.1. The first-order valence-corrected chi connectivity index (χ1v) is 11.8. The van der Waals surface area contributed by atoms with Crippen molar-refractivity contribution < 1.29 is 4.74 Å². The summed E-state index contributed by atoms with van der Waals surface area (Å²) in [6, 6.07) is 20.7. The number of anilines is 1. The van der Waals surface area contributed by atoms with Gasteiger partial charge in [-0.25, -0.2) is 0 Å². The highest BCUT2D eigenvalue weighted by atomic mass is 32.1. The molecule has 0 saturated carbocycles. The zero-order valence-electron chi connectivity index (χ0n) is 17.9. The van der Waals surface area contributed by atoms with Crippen molar-refractivity contribution in [3.63, 3.8) is 0 Å². The molecule has 0 atom stereocenters. The maximum atomic E-state index is 5.82. The van der Waals surface area contributed by atoms with Crippen LogP contribution in [0, 0.1) is 6.92 Å². The molecule has 4 nitrogen and oxygen atoms in total.